The van der Waals surface area contributed by atoms with Gasteiger partial charge in [-0.15, -0.1) is 0 Å². The Hall–Kier alpha value is -2.31. The third kappa shape index (κ3) is 2.83. The highest BCUT2D eigenvalue weighted by molar-refractivity contribution is 5.61. The molecule has 5 N–H and O–H groups in total. The van der Waals surface area contributed by atoms with Crippen molar-refractivity contribution in [1.29, 1.82) is 0 Å². The van der Waals surface area contributed by atoms with Gasteiger partial charge < -0.3 is 16.8 Å². The van der Waals surface area contributed by atoms with Crippen LogP contribution in [0.4, 0.5) is 17.3 Å². The first-order valence-electron chi connectivity index (χ1n) is 5.25. The van der Waals surface area contributed by atoms with E-state index in [0.717, 1.165) is 12.2 Å². The van der Waals surface area contributed by atoms with Crippen LogP contribution in [0, 0.1) is 0 Å². The molecule has 90 valence electrons. The summed E-state index contributed by atoms with van der Waals surface area (Å²) in [5.74, 6) is 1.84. The van der Waals surface area contributed by atoms with E-state index in [-0.39, 0.29) is 0 Å². The van der Waals surface area contributed by atoms with Crippen LogP contribution in [0.3, 0.4) is 0 Å². The summed E-state index contributed by atoms with van der Waals surface area (Å²) in [5, 5.41) is 7.31. The van der Waals surface area contributed by atoms with Crippen molar-refractivity contribution in [2.75, 3.05) is 23.3 Å². The van der Waals surface area contributed by atoms with Crippen LogP contribution < -0.4 is 16.8 Å². The normalized spacial score (nSPS) is 10.4. The molecular formula is C10H15N7. The molecule has 2 rings (SSSR count). The number of pyridine rings is 1. The van der Waals surface area contributed by atoms with Crippen LogP contribution >= 0.6 is 0 Å². The molecule has 0 aliphatic carbocycles. The standard InChI is InChI=1S/C10H15N7/c1-17-6-14-9(16-17)4-5-13-8-3-2-7(11)10(12)15-8/h2-3,6H,4-5,11H2,1H3,(H3,12,13,15). The van der Waals surface area contributed by atoms with Gasteiger partial charge in [0.2, 0.25) is 0 Å². The van der Waals surface area contributed by atoms with E-state index < -0.39 is 0 Å². The molecule has 0 spiro atoms. The molecule has 0 saturated heterocycles. The zero-order chi connectivity index (χ0) is 12.3. The Kier molecular flexibility index (Phi) is 3.08. The smallest absolute Gasteiger partial charge is 0.152 e. The van der Waals surface area contributed by atoms with Crippen LogP contribution in [0.2, 0.25) is 0 Å². The first kappa shape index (κ1) is 11.2. The van der Waals surface area contributed by atoms with Gasteiger partial charge in [0.15, 0.2) is 5.82 Å². The number of rotatable bonds is 4. The zero-order valence-corrected chi connectivity index (χ0v) is 9.59. The van der Waals surface area contributed by atoms with Crippen LogP contribution in [-0.2, 0) is 13.5 Å². The van der Waals surface area contributed by atoms with Crippen molar-refractivity contribution in [1.82, 2.24) is 19.7 Å². The largest absolute Gasteiger partial charge is 0.396 e. The Balaban J connectivity index is 1.87. The molecule has 0 atom stereocenters. The summed E-state index contributed by atoms with van der Waals surface area (Å²) < 4.78 is 1.68. The molecule has 0 saturated carbocycles. The topological polar surface area (TPSA) is 108 Å². The van der Waals surface area contributed by atoms with E-state index in [9.17, 15) is 0 Å². The lowest BCUT2D eigenvalue weighted by Gasteiger charge is -2.05. The van der Waals surface area contributed by atoms with E-state index in [4.69, 9.17) is 11.5 Å². The van der Waals surface area contributed by atoms with E-state index >= 15 is 0 Å². The molecule has 0 bridgehead atoms. The van der Waals surface area contributed by atoms with Gasteiger partial charge in [0, 0.05) is 20.0 Å². The van der Waals surface area contributed by atoms with Crippen molar-refractivity contribution in [3.05, 3.63) is 24.3 Å². The Bertz CT molecular complexity index is 505. The molecule has 7 nitrogen and oxygen atoms in total. The van der Waals surface area contributed by atoms with Crippen LogP contribution in [-0.4, -0.2) is 26.3 Å². The fourth-order valence-electron chi connectivity index (χ4n) is 1.38. The maximum atomic E-state index is 5.60. The summed E-state index contributed by atoms with van der Waals surface area (Å²) in [6, 6.07) is 3.52. The van der Waals surface area contributed by atoms with Crippen LogP contribution in [0.25, 0.3) is 0 Å². The second-order valence-electron chi connectivity index (χ2n) is 3.68. The number of nitrogens with two attached hydrogens (primary N) is 2. The summed E-state index contributed by atoms with van der Waals surface area (Å²) in [4.78, 5) is 8.23. The summed E-state index contributed by atoms with van der Waals surface area (Å²) >= 11 is 0. The van der Waals surface area contributed by atoms with Crippen LogP contribution in [0.5, 0.6) is 0 Å². The lowest BCUT2D eigenvalue weighted by Crippen LogP contribution is -2.09. The Morgan fingerprint density at radius 1 is 1.35 bits per heavy atom. The number of anilines is 3. The Morgan fingerprint density at radius 2 is 2.18 bits per heavy atom. The molecule has 2 aromatic rings. The third-order valence-electron chi connectivity index (χ3n) is 2.26. The molecule has 0 radical (unpaired) electrons. The molecule has 0 fully saturated rings. The molecule has 0 amide bonds. The SMILES string of the molecule is Cn1cnc(CCNc2ccc(N)c(N)n2)n1. The fourth-order valence-corrected chi connectivity index (χ4v) is 1.38. The van der Waals surface area contributed by atoms with Crippen molar-refractivity contribution >= 4 is 17.3 Å². The highest BCUT2D eigenvalue weighted by Crippen LogP contribution is 2.14. The minimum absolute atomic E-state index is 0.339. The van der Waals surface area contributed by atoms with Crippen molar-refractivity contribution < 1.29 is 0 Å². The predicted molar refractivity (Wildman–Crippen MR) is 66.3 cm³/mol. The third-order valence-corrected chi connectivity index (χ3v) is 2.26. The maximum absolute atomic E-state index is 5.60. The molecule has 0 aliphatic heterocycles. The van der Waals surface area contributed by atoms with Crippen LogP contribution in [0.1, 0.15) is 5.82 Å². The van der Waals surface area contributed by atoms with Gasteiger partial charge >= 0.3 is 0 Å². The van der Waals surface area contributed by atoms with Gasteiger partial charge in [0.05, 0.1) is 5.69 Å². The predicted octanol–water partition coefficient (Wildman–Crippen LogP) is 0.0291. The number of nitrogens with zero attached hydrogens (tertiary/aromatic N) is 4. The number of aryl methyl sites for hydroxylation is 1. The Morgan fingerprint density at radius 3 is 2.82 bits per heavy atom. The second-order valence-corrected chi connectivity index (χ2v) is 3.68. The molecule has 0 aromatic carbocycles. The minimum Gasteiger partial charge on any atom is -0.396 e. The van der Waals surface area contributed by atoms with Gasteiger partial charge in [-0.25, -0.2) is 9.97 Å². The summed E-state index contributed by atoms with van der Waals surface area (Å²) in [6.07, 6.45) is 2.40. The quantitative estimate of drug-likeness (QED) is 0.687. The minimum atomic E-state index is 0.339. The average Bonchev–Trinajstić information content (AvgIpc) is 2.70. The summed E-state index contributed by atoms with van der Waals surface area (Å²) in [7, 11) is 1.84. The van der Waals surface area contributed by atoms with Crippen molar-refractivity contribution in [2.45, 2.75) is 6.42 Å². The van der Waals surface area contributed by atoms with Gasteiger partial charge in [-0.1, -0.05) is 0 Å². The molecular weight excluding hydrogens is 218 g/mol. The van der Waals surface area contributed by atoms with Gasteiger partial charge in [0.25, 0.3) is 0 Å². The first-order valence-corrected chi connectivity index (χ1v) is 5.25. The molecule has 2 aromatic heterocycles. The number of nitrogen functional groups attached to an aromatic ring is 2. The fraction of sp³-hybridized carbons (Fsp3) is 0.300. The highest BCUT2D eigenvalue weighted by Gasteiger charge is 2.01. The van der Waals surface area contributed by atoms with Gasteiger partial charge in [0.1, 0.15) is 18.0 Å². The van der Waals surface area contributed by atoms with E-state index in [1.54, 1.807) is 23.1 Å². The second kappa shape index (κ2) is 4.69. The summed E-state index contributed by atoms with van der Waals surface area (Å²) in [5.41, 5.74) is 11.7. The molecule has 0 aliphatic rings. The van der Waals surface area contributed by atoms with E-state index in [2.05, 4.69) is 20.4 Å². The highest BCUT2D eigenvalue weighted by atomic mass is 15.3. The van der Waals surface area contributed by atoms with Gasteiger partial charge in [-0.05, 0) is 12.1 Å². The molecule has 17 heavy (non-hydrogen) atoms. The average molecular weight is 233 g/mol. The van der Waals surface area contributed by atoms with Crippen molar-refractivity contribution in [3.8, 4) is 0 Å². The lowest BCUT2D eigenvalue weighted by molar-refractivity contribution is 0.742. The maximum Gasteiger partial charge on any atom is 0.152 e. The number of nitrogens with one attached hydrogen (secondary N) is 1. The van der Waals surface area contributed by atoms with E-state index in [1.165, 1.54) is 0 Å². The molecule has 0 unspecified atom stereocenters. The van der Waals surface area contributed by atoms with E-state index in [1.807, 2.05) is 7.05 Å². The summed E-state index contributed by atoms with van der Waals surface area (Å²) in [6.45, 7) is 0.695. The zero-order valence-electron chi connectivity index (χ0n) is 9.59. The van der Waals surface area contributed by atoms with Crippen molar-refractivity contribution in [3.63, 3.8) is 0 Å². The van der Waals surface area contributed by atoms with E-state index in [0.29, 0.717) is 23.9 Å². The molecule has 7 heteroatoms. The number of hydrogen-bond acceptors (Lipinski definition) is 6. The number of aromatic nitrogens is 4. The number of hydrogen-bond donors (Lipinski definition) is 3. The molecule has 2 heterocycles. The lowest BCUT2D eigenvalue weighted by atomic mass is 10.3. The van der Waals surface area contributed by atoms with Gasteiger partial charge in [-0.3, -0.25) is 4.68 Å². The van der Waals surface area contributed by atoms with Crippen molar-refractivity contribution in [2.24, 2.45) is 7.05 Å². The monoisotopic (exact) mass is 233 g/mol. The Labute approximate surface area is 98.9 Å². The van der Waals surface area contributed by atoms with Gasteiger partial charge in [-0.2, -0.15) is 5.10 Å². The van der Waals surface area contributed by atoms with Crippen LogP contribution in [0.15, 0.2) is 18.5 Å². The first-order chi connectivity index (χ1) is 8.15.